The Labute approximate surface area is 174 Å². The van der Waals surface area contributed by atoms with Crippen LogP contribution in [0.4, 0.5) is 5.00 Å². The molecule has 27 heavy (non-hydrogen) atoms. The monoisotopic (exact) mass is 439 g/mol. The molecular weight excluding hydrogens is 429 g/mol. The second-order valence-electron chi connectivity index (χ2n) is 5.40. The van der Waals surface area contributed by atoms with E-state index in [9.17, 15) is 9.59 Å². The molecule has 0 unspecified atom stereocenters. The van der Waals surface area contributed by atoms with Crippen LogP contribution >= 0.6 is 46.1 Å². The zero-order valence-corrected chi connectivity index (χ0v) is 17.0. The molecule has 0 radical (unpaired) electrons. The van der Waals surface area contributed by atoms with Gasteiger partial charge in [0.1, 0.15) is 10.6 Å². The third-order valence-electron chi connectivity index (χ3n) is 3.75. The van der Waals surface area contributed by atoms with E-state index in [4.69, 9.17) is 39.5 Å². The minimum atomic E-state index is -0.568. The molecule has 3 rings (SSSR count). The molecule has 1 amide bonds. The highest BCUT2D eigenvalue weighted by Gasteiger charge is 2.24. The zero-order valence-electron chi connectivity index (χ0n) is 13.9. The van der Waals surface area contributed by atoms with Gasteiger partial charge in [-0.15, -0.1) is 11.3 Å². The van der Waals surface area contributed by atoms with E-state index in [-0.39, 0.29) is 21.2 Å². The van der Waals surface area contributed by atoms with Gasteiger partial charge >= 0.3 is 5.97 Å². The average molecular weight is 441 g/mol. The van der Waals surface area contributed by atoms with E-state index >= 15 is 0 Å². The van der Waals surface area contributed by atoms with Crippen molar-refractivity contribution < 1.29 is 14.3 Å². The van der Waals surface area contributed by atoms with E-state index in [0.717, 1.165) is 5.56 Å². The second kappa shape index (κ2) is 8.31. The fourth-order valence-electron chi connectivity index (χ4n) is 2.48. The maximum atomic E-state index is 12.7. The predicted molar refractivity (Wildman–Crippen MR) is 111 cm³/mol. The van der Waals surface area contributed by atoms with Crippen LogP contribution in [0.2, 0.25) is 15.1 Å². The van der Waals surface area contributed by atoms with Gasteiger partial charge in [-0.1, -0.05) is 53.0 Å². The molecule has 2 aromatic carbocycles. The van der Waals surface area contributed by atoms with Gasteiger partial charge in [-0.3, -0.25) is 4.79 Å². The number of rotatable bonds is 4. The van der Waals surface area contributed by atoms with Crippen LogP contribution in [0.15, 0.2) is 47.8 Å². The van der Waals surface area contributed by atoms with Crippen molar-refractivity contribution in [2.75, 3.05) is 12.4 Å². The Morgan fingerprint density at radius 3 is 2.19 bits per heavy atom. The van der Waals surface area contributed by atoms with Crippen LogP contribution in [0.25, 0.3) is 11.1 Å². The van der Waals surface area contributed by atoms with Crippen LogP contribution in [0.5, 0.6) is 0 Å². The first-order chi connectivity index (χ1) is 12.9. The molecule has 138 valence electrons. The molecule has 0 aliphatic rings. The molecule has 4 nitrogen and oxygen atoms in total. The van der Waals surface area contributed by atoms with Crippen LogP contribution in [0.1, 0.15) is 20.7 Å². The van der Waals surface area contributed by atoms with Crippen molar-refractivity contribution in [1.82, 2.24) is 0 Å². The third kappa shape index (κ3) is 4.12. The Kier molecular flexibility index (Phi) is 6.07. The predicted octanol–water partition coefficient (Wildman–Crippen LogP) is 6.41. The van der Waals surface area contributed by atoms with E-state index in [1.54, 1.807) is 47.8 Å². The van der Waals surface area contributed by atoms with Crippen molar-refractivity contribution in [2.24, 2.45) is 0 Å². The number of esters is 1. The molecule has 0 aliphatic carbocycles. The Bertz CT molecular complexity index is 995. The Morgan fingerprint density at radius 2 is 1.59 bits per heavy atom. The van der Waals surface area contributed by atoms with Crippen molar-refractivity contribution in [3.63, 3.8) is 0 Å². The minimum absolute atomic E-state index is 0.137. The summed E-state index contributed by atoms with van der Waals surface area (Å²) in [4.78, 5) is 25.0. The standard InChI is InChI=1S/C19H12Cl3NO3S/c1-26-19(25)15-12(10-5-7-11(20)8-6-10)9-27-18(15)23-17(24)16-13(21)3-2-4-14(16)22/h2-9H,1H3,(H,23,24). The zero-order chi connectivity index (χ0) is 19.6. The molecule has 1 aromatic heterocycles. The van der Waals surface area contributed by atoms with Crippen molar-refractivity contribution in [2.45, 2.75) is 0 Å². The summed E-state index contributed by atoms with van der Waals surface area (Å²) in [6.45, 7) is 0. The molecule has 1 N–H and O–H groups in total. The van der Waals surface area contributed by atoms with Gasteiger partial charge < -0.3 is 10.1 Å². The fourth-order valence-corrected chi connectivity index (χ4v) is 4.12. The van der Waals surface area contributed by atoms with E-state index in [0.29, 0.717) is 15.6 Å². The van der Waals surface area contributed by atoms with Gasteiger partial charge in [-0.05, 0) is 29.8 Å². The lowest BCUT2D eigenvalue weighted by atomic mass is 10.0. The van der Waals surface area contributed by atoms with Gasteiger partial charge in [0.2, 0.25) is 0 Å². The Hall–Kier alpha value is -2.05. The number of carbonyl (C=O) groups is 2. The maximum Gasteiger partial charge on any atom is 0.341 e. The molecule has 1 heterocycles. The largest absolute Gasteiger partial charge is 0.465 e. The number of amides is 1. The molecule has 0 saturated carbocycles. The molecule has 0 saturated heterocycles. The normalized spacial score (nSPS) is 10.5. The number of ether oxygens (including phenoxy) is 1. The summed E-state index contributed by atoms with van der Waals surface area (Å²) in [6, 6.07) is 11.8. The number of hydrogen-bond acceptors (Lipinski definition) is 4. The molecule has 8 heteroatoms. The van der Waals surface area contributed by atoms with Crippen LogP contribution in [-0.2, 0) is 4.74 Å². The topological polar surface area (TPSA) is 55.4 Å². The lowest BCUT2D eigenvalue weighted by Gasteiger charge is -2.10. The highest BCUT2D eigenvalue weighted by molar-refractivity contribution is 7.15. The summed E-state index contributed by atoms with van der Waals surface area (Å²) in [5.41, 5.74) is 1.79. The van der Waals surface area contributed by atoms with Gasteiger partial charge in [0, 0.05) is 16.0 Å². The Balaban J connectivity index is 2.02. The summed E-state index contributed by atoms with van der Waals surface area (Å²) in [6.07, 6.45) is 0. The highest BCUT2D eigenvalue weighted by Crippen LogP contribution is 2.37. The van der Waals surface area contributed by atoms with E-state index in [1.165, 1.54) is 18.4 Å². The smallest absolute Gasteiger partial charge is 0.341 e. The third-order valence-corrected chi connectivity index (χ3v) is 5.53. The highest BCUT2D eigenvalue weighted by atomic mass is 35.5. The van der Waals surface area contributed by atoms with Crippen molar-refractivity contribution in [1.29, 1.82) is 0 Å². The van der Waals surface area contributed by atoms with Crippen LogP contribution < -0.4 is 5.32 Å². The summed E-state index contributed by atoms with van der Waals surface area (Å²) in [7, 11) is 1.28. The van der Waals surface area contributed by atoms with Crippen LogP contribution in [0.3, 0.4) is 0 Å². The number of thiophene rings is 1. The first-order valence-electron chi connectivity index (χ1n) is 7.63. The van der Waals surface area contributed by atoms with E-state index in [2.05, 4.69) is 5.32 Å². The number of benzene rings is 2. The van der Waals surface area contributed by atoms with Gasteiger partial charge in [-0.2, -0.15) is 0 Å². The van der Waals surface area contributed by atoms with E-state index < -0.39 is 11.9 Å². The van der Waals surface area contributed by atoms with Crippen molar-refractivity contribution in [3.05, 3.63) is 74.0 Å². The van der Waals surface area contributed by atoms with E-state index in [1.807, 2.05) is 0 Å². The molecule has 3 aromatic rings. The number of halogens is 3. The van der Waals surface area contributed by atoms with Crippen molar-refractivity contribution in [3.8, 4) is 11.1 Å². The maximum absolute atomic E-state index is 12.7. The van der Waals surface area contributed by atoms with Crippen molar-refractivity contribution >= 4 is 63.0 Å². The number of methoxy groups -OCH3 is 1. The molecule has 0 bridgehead atoms. The van der Waals surface area contributed by atoms with Gasteiger partial charge in [0.05, 0.1) is 22.7 Å². The Morgan fingerprint density at radius 1 is 0.963 bits per heavy atom. The molecule has 0 atom stereocenters. The first kappa shape index (κ1) is 19.7. The molecule has 0 fully saturated rings. The molecular formula is C19H12Cl3NO3S. The summed E-state index contributed by atoms with van der Waals surface area (Å²) in [5, 5.41) is 5.83. The van der Waals surface area contributed by atoms with Gasteiger partial charge in [-0.25, -0.2) is 4.79 Å². The minimum Gasteiger partial charge on any atom is -0.465 e. The lowest BCUT2D eigenvalue weighted by molar-refractivity contribution is 0.0603. The second-order valence-corrected chi connectivity index (χ2v) is 7.53. The quantitative estimate of drug-likeness (QED) is 0.477. The molecule has 0 spiro atoms. The number of hydrogen-bond donors (Lipinski definition) is 1. The molecule has 0 aliphatic heterocycles. The SMILES string of the molecule is COC(=O)c1c(-c2ccc(Cl)cc2)csc1NC(=O)c1c(Cl)cccc1Cl. The summed E-state index contributed by atoms with van der Waals surface area (Å²) >= 11 is 19.3. The van der Waals surface area contributed by atoms with Crippen LogP contribution in [0, 0.1) is 0 Å². The fraction of sp³-hybridized carbons (Fsp3) is 0.0526. The number of carbonyl (C=O) groups excluding carboxylic acids is 2. The number of nitrogens with one attached hydrogen (secondary N) is 1. The lowest BCUT2D eigenvalue weighted by Crippen LogP contribution is -2.15. The first-order valence-corrected chi connectivity index (χ1v) is 9.64. The average Bonchev–Trinajstić information content (AvgIpc) is 3.05. The summed E-state index contributed by atoms with van der Waals surface area (Å²) < 4.78 is 4.89. The number of anilines is 1. The summed E-state index contributed by atoms with van der Waals surface area (Å²) in [5.74, 6) is -1.08. The van der Waals surface area contributed by atoms with Gasteiger partial charge in [0.25, 0.3) is 5.91 Å². The van der Waals surface area contributed by atoms with Crippen LogP contribution in [-0.4, -0.2) is 19.0 Å². The van der Waals surface area contributed by atoms with Gasteiger partial charge in [0.15, 0.2) is 0 Å².